The van der Waals surface area contributed by atoms with Gasteiger partial charge in [0.1, 0.15) is 18.5 Å². The first-order valence-corrected chi connectivity index (χ1v) is 13.1. The summed E-state index contributed by atoms with van der Waals surface area (Å²) in [6.45, 7) is -0.175. The first kappa shape index (κ1) is 27.5. The maximum Gasteiger partial charge on any atom is 0.253 e. The van der Waals surface area contributed by atoms with Crippen LogP contribution in [0.15, 0.2) is 79.1 Å². The van der Waals surface area contributed by atoms with E-state index in [1.807, 2.05) is 36.4 Å². The van der Waals surface area contributed by atoms with Crippen LogP contribution in [0.1, 0.15) is 38.0 Å². The number of carbonyl (C=O) groups is 4. The number of amides is 4. The Morgan fingerprint density at radius 3 is 2.51 bits per heavy atom. The van der Waals surface area contributed by atoms with E-state index in [-0.39, 0.29) is 29.8 Å². The first-order valence-electron chi connectivity index (χ1n) is 12.7. The Morgan fingerprint density at radius 1 is 0.951 bits per heavy atom. The van der Waals surface area contributed by atoms with Crippen LogP contribution in [0.25, 0.3) is 0 Å². The van der Waals surface area contributed by atoms with Crippen LogP contribution in [0, 0.1) is 0 Å². The van der Waals surface area contributed by atoms with Gasteiger partial charge in [0.05, 0.1) is 17.8 Å². The quantitative estimate of drug-likeness (QED) is 0.238. The van der Waals surface area contributed by atoms with E-state index < -0.39 is 35.8 Å². The lowest BCUT2D eigenvalue weighted by Gasteiger charge is -2.24. The van der Waals surface area contributed by atoms with E-state index >= 15 is 0 Å². The molecule has 1 aromatic heterocycles. The number of hydrogen-bond donors (Lipinski definition) is 4. The fourth-order valence-electron chi connectivity index (χ4n) is 4.41. The monoisotopic (exact) mass is 572 g/mol. The van der Waals surface area contributed by atoms with Crippen molar-refractivity contribution in [2.75, 3.05) is 11.9 Å². The minimum absolute atomic E-state index is 0.167. The maximum atomic E-state index is 13.7. The number of carbonyl (C=O) groups excluding carboxylic acids is 4. The minimum atomic E-state index is -0.986. The highest BCUT2D eigenvalue weighted by Crippen LogP contribution is 2.20. The van der Waals surface area contributed by atoms with Crippen molar-refractivity contribution in [1.29, 1.82) is 0 Å². The van der Waals surface area contributed by atoms with Crippen LogP contribution in [-0.2, 0) is 22.4 Å². The molecule has 5 rings (SSSR count). The zero-order valence-electron chi connectivity index (χ0n) is 21.6. The predicted molar refractivity (Wildman–Crippen MR) is 149 cm³/mol. The molecule has 13 heteroatoms. The second-order valence-corrected chi connectivity index (χ2v) is 9.79. The number of benzene rings is 3. The topological polar surface area (TPSA) is 160 Å². The van der Waals surface area contributed by atoms with Gasteiger partial charge in [0.15, 0.2) is 0 Å². The molecule has 4 N–H and O–H groups in total. The summed E-state index contributed by atoms with van der Waals surface area (Å²) in [6, 6.07) is 19.8. The van der Waals surface area contributed by atoms with Gasteiger partial charge in [0, 0.05) is 23.4 Å². The first-order chi connectivity index (χ1) is 19.9. The summed E-state index contributed by atoms with van der Waals surface area (Å²) in [4.78, 5) is 51.3. The summed E-state index contributed by atoms with van der Waals surface area (Å²) in [5, 5.41) is 22.8. The summed E-state index contributed by atoms with van der Waals surface area (Å²) in [7, 11) is 0. The summed E-state index contributed by atoms with van der Waals surface area (Å²) in [5.41, 5.74) is 2.28. The summed E-state index contributed by atoms with van der Waals surface area (Å²) in [5.74, 6) is -1.87. The van der Waals surface area contributed by atoms with Gasteiger partial charge in [-0.1, -0.05) is 54.1 Å². The number of halogens is 1. The zero-order chi connectivity index (χ0) is 28.8. The molecule has 0 aliphatic carbocycles. The molecule has 12 nitrogen and oxygen atoms in total. The summed E-state index contributed by atoms with van der Waals surface area (Å²) >= 11 is 6.16. The van der Waals surface area contributed by atoms with E-state index in [0.717, 1.165) is 11.1 Å². The van der Waals surface area contributed by atoms with Crippen molar-refractivity contribution in [3.05, 3.63) is 106 Å². The number of nitrogens with zero attached hydrogens (tertiary/aromatic N) is 4. The SMILES string of the molecule is O=C1CNC(=O)c2ccc(C(=O)NC(Cc3ccccc3)C(=O)NC(Cc3cccc(Cl)c3)n3cnnn3)cc2N1. The maximum absolute atomic E-state index is 13.7. The van der Waals surface area contributed by atoms with Crippen LogP contribution in [0.3, 0.4) is 0 Å². The van der Waals surface area contributed by atoms with E-state index in [0.29, 0.717) is 11.4 Å². The molecule has 0 radical (unpaired) electrons. The third-order valence-corrected chi connectivity index (χ3v) is 6.66. The highest BCUT2D eigenvalue weighted by molar-refractivity contribution is 6.30. The van der Waals surface area contributed by atoms with Crippen molar-refractivity contribution in [1.82, 2.24) is 36.2 Å². The largest absolute Gasteiger partial charge is 0.343 e. The van der Waals surface area contributed by atoms with Crippen LogP contribution < -0.4 is 21.3 Å². The van der Waals surface area contributed by atoms with Gasteiger partial charge >= 0.3 is 0 Å². The van der Waals surface area contributed by atoms with E-state index in [1.165, 1.54) is 29.2 Å². The van der Waals surface area contributed by atoms with E-state index in [1.54, 1.807) is 18.2 Å². The minimum Gasteiger partial charge on any atom is -0.343 e. The van der Waals surface area contributed by atoms with E-state index in [9.17, 15) is 19.2 Å². The molecule has 2 heterocycles. The van der Waals surface area contributed by atoms with Gasteiger partial charge in [-0.3, -0.25) is 19.2 Å². The Balaban J connectivity index is 1.39. The molecule has 0 fully saturated rings. The fraction of sp³-hybridized carbons (Fsp3) is 0.179. The van der Waals surface area contributed by atoms with Crippen molar-refractivity contribution in [3.63, 3.8) is 0 Å². The lowest BCUT2D eigenvalue weighted by molar-refractivity contribution is -0.124. The normalized spacial score (nSPS) is 14.1. The highest BCUT2D eigenvalue weighted by atomic mass is 35.5. The number of tetrazole rings is 1. The molecule has 1 aliphatic heterocycles. The van der Waals surface area contributed by atoms with Gasteiger partial charge in [-0.15, -0.1) is 5.10 Å². The van der Waals surface area contributed by atoms with E-state index in [2.05, 4.69) is 36.8 Å². The number of anilines is 1. The van der Waals surface area contributed by atoms with Crippen LogP contribution in [0.2, 0.25) is 5.02 Å². The van der Waals surface area contributed by atoms with Gasteiger partial charge in [-0.2, -0.15) is 0 Å². The molecule has 2 atom stereocenters. The number of fused-ring (bicyclic) bond motifs is 1. The number of hydrogen-bond acceptors (Lipinski definition) is 7. The van der Waals surface area contributed by atoms with Gasteiger partial charge in [0.25, 0.3) is 11.8 Å². The summed E-state index contributed by atoms with van der Waals surface area (Å²) in [6.07, 6.45) is 1.24. The average molecular weight is 573 g/mol. The molecular formula is C28H25ClN8O4. The van der Waals surface area contributed by atoms with Gasteiger partial charge in [-0.05, 0) is 51.9 Å². The molecule has 0 saturated heterocycles. The number of nitrogens with one attached hydrogen (secondary N) is 4. The Labute approximate surface area is 239 Å². The number of rotatable bonds is 9. The van der Waals surface area contributed by atoms with Crippen molar-refractivity contribution in [2.24, 2.45) is 0 Å². The zero-order valence-corrected chi connectivity index (χ0v) is 22.3. The van der Waals surface area contributed by atoms with Crippen LogP contribution >= 0.6 is 11.6 Å². The standard InChI is InChI=1S/C28H25ClN8O4/c29-20-8-4-7-18(11-20)13-24(37-16-31-35-36-37)34-28(41)23(12-17-5-2-1-3-6-17)33-26(39)19-9-10-21-22(14-19)32-25(38)15-30-27(21)40/h1-11,14,16,23-24H,12-13,15H2,(H,30,40)(H,32,38)(H,33,39)(H,34,41). The molecule has 0 spiro atoms. The summed E-state index contributed by atoms with van der Waals surface area (Å²) < 4.78 is 1.42. The smallest absolute Gasteiger partial charge is 0.253 e. The molecule has 1 aliphatic rings. The molecule has 41 heavy (non-hydrogen) atoms. The second-order valence-electron chi connectivity index (χ2n) is 9.36. The molecule has 4 amide bonds. The molecule has 4 aromatic rings. The van der Waals surface area contributed by atoms with Gasteiger partial charge < -0.3 is 21.3 Å². The lowest BCUT2D eigenvalue weighted by Crippen LogP contribution is -2.50. The Hall–Kier alpha value is -5.10. The molecular weight excluding hydrogens is 548 g/mol. The van der Waals surface area contributed by atoms with Gasteiger partial charge in [-0.25, -0.2) is 4.68 Å². The Morgan fingerprint density at radius 2 is 1.76 bits per heavy atom. The molecule has 0 saturated carbocycles. The van der Waals surface area contributed by atoms with Crippen molar-refractivity contribution in [2.45, 2.75) is 25.0 Å². The van der Waals surface area contributed by atoms with Gasteiger partial charge in [0.2, 0.25) is 11.8 Å². The van der Waals surface area contributed by atoms with Crippen molar-refractivity contribution in [3.8, 4) is 0 Å². The fourth-order valence-corrected chi connectivity index (χ4v) is 4.62. The lowest BCUT2D eigenvalue weighted by atomic mass is 10.0. The average Bonchev–Trinajstić information content (AvgIpc) is 3.46. The molecule has 0 bridgehead atoms. The van der Waals surface area contributed by atoms with E-state index in [4.69, 9.17) is 11.6 Å². The second kappa shape index (κ2) is 12.4. The third-order valence-electron chi connectivity index (χ3n) is 6.43. The predicted octanol–water partition coefficient (Wildman–Crippen LogP) is 1.91. The molecule has 2 unspecified atom stereocenters. The van der Waals surface area contributed by atoms with Crippen molar-refractivity contribution < 1.29 is 19.2 Å². The Kier molecular flexibility index (Phi) is 8.30. The van der Waals surface area contributed by atoms with Crippen LogP contribution in [0.4, 0.5) is 5.69 Å². The van der Waals surface area contributed by atoms with Crippen molar-refractivity contribution >= 4 is 40.9 Å². The van der Waals surface area contributed by atoms with Crippen LogP contribution in [0.5, 0.6) is 0 Å². The number of aromatic nitrogens is 4. The molecule has 208 valence electrons. The third kappa shape index (κ3) is 6.92. The Bertz CT molecular complexity index is 1580. The highest BCUT2D eigenvalue weighted by Gasteiger charge is 2.27. The van der Waals surface area contributed by atoms with Crippen LogP contribution in [-0.4, -0.2) is 56.4 Å². The molecule has 3 aromatic carbocycles.